The van der Waals surface area contributed by atoms with E-state index in [0.717, 1.165) is 25.7 Å². The minimum Gasteiger partial charge on any atom is -0.343 e. The van der Waals surface area contributed by atoms with Gasteiger partial charge in [0.25, 0.3) is 0 Å². The van der Waals surface area contributed by atoms with Crippen molar-refractivity contribution in [2.24, 2.45) is 0 Å². The Balaban J connectivity index is 1.88. The zero-order valence-corrected chi connectivity index (χ0v) is 13.6. The van der Waals surface area contributed by atoms with Gasteiger partial charge >= 0.3 is 0 Å². The summed E-state index contributed by atoms with van der Waals surface area (Å²) in [6.45, 7) is 4.25. The maximum absolute atomic E-state index is 5.27. The fourth-order valence-electron chi connectivity index (χ4n) is 2.58. The van der Waals surface area contributed by atoms with Crippen molar-refractivity contribution in [2.45, 2.75) is 45.6 Å². The molecule has 114 valence electrons. The lowest BCUT2D eigenvalue weighted by Crippen LogP contribution is -2.21. The molecule has 0 bridgehead atoms. The lowest BCUT2D eigenvalue weighted by atomic mass is 9.99. The van der Waals surface area contributed by atoms with Crippen LogP contribution in [0.3, 0.4) is 0 Å². The molecule has 0 amide bonds. The van der Waals surface area contributed by atoms with Crippen molar-refractivity contribution in [3.05, 3.63) is 70.8 Å². The summed E-state index contributed by atoms with van der Waals surface area (Å²) < 4.78 is 0. The lowest BCUT2D eigenvalue weighted by molar-refractivity contribution is 0.598. The lowest BCUT2D eigenvalue weighted by Gasteiger charge is -2.10. The number of hydrogen-bond acceptors (Lipinski definition) is 1. The van der Waals surface area contributed by atoms with Gasteiger partial charge in [-0.25, -0.2) is 0 Å². The van der Waals surface area contributed by atoms with E-state index in [4.69, 9.17) is 6.42 Å². The normalized spacial score (nSPS) is 11.7. The van der Waals surface area contributed by atoms with E-state index in [1.165, 1.54) is 22.3 Å². The SMILES string of the molecule is C#CNC(C)CCc1cccc(CCc2ccc(C)cc2)c1. The molecule has 2 aromatic carbocycles. The molecule has 0 fully saturated rings. The third-order valence-electron chi connectivity index (χ3n) is 4.01. The van der Waals surface area contributed by atoms with Crippen LogP contribution < -0.4 is 5.32 Å². The summed E-state index contributed by atoms with van der Waals surface area (Å²) in [5.41, 5.74) is 5.53. The minimum atomic E-state index is 0.362. The number of rotatable bonds is 7. The van der Waals surface area contributed by atoms with E-state index < -0.39 is 0 Å². The van der Waals surface area contributed by atoms with Crippen LogP contribution in [-0.2, 0) is 19.3 Å². The average Bonchev–Trinajstić information content (AvgIpc) is 2.53. The van der Waals surface area contributed by atoms with E-state index in [-0.39, 0.29) is 0 Å². The molecule has 1 unspecified atom stereocenters. The van der Waals surface area contributed by atoms with Crippen LogP contribution in [0.1, 0.15) is 35.6 Å². The van der Waals surface area contributed by atoms with Gasteiger partial charge in [0.05, 0.1) is 0 Å². The van der Waals surface area contributed by atoms with Gasteiger partial charge in [-0.3, -0.25) is 0 Å². The smallest absolute Gasteiger partial charge is 0.0315 e. The second-order valence-electron chi connectivity index (χ2n) is 6.03. The van der Waals surface area contributed by atoms with E-state index >= 15 is 0 Å². The summed E-state index contributed by atoms with van der Waals surface area (Å²) in [5.74, 6) is 0. The summed E-state index contributed by atoms with van der Waals surface area (Å²) >= 11 is 0. The molecule has 0 aromatic heterocycles. The highest BCUT2D eigenvalue weighted by molar-refractivity contribution is 5.26. The van der Waals surface area contributed by atoms with E-state index in [2.05, 4.69) is 73.7 Å². The minimum absolute atomic E-state index is 0.362. The highest BCUT2D eigenvalue weighted by Crippen LogP contribution is 2.12. The average molecular weight is 291 g/mol. The molecule has 0 saturated carbocycles. The predicted molar refractivity (Wildman–Crippen MR) is 94.8 cm³/mol. The molecule has 1 heteroatoms. The molecule has 1 atom stereocenters. The monoisotopic (exact) mass is 291 g/mol. The highest BCUT2D eigenvalue weighted by Gasteiger charge is 2.02. The number of terminal acetylenes is 1. The summed E-state index contributed by atoms with van der Waals surface area (Å²) in [6.07, 6.45) is 9.58. The van der Waals surface area contributed by atoms with Gasteiger partial charge in [-0.15, -0.1) is 0 Å². The second-order valence-corrected chi connectivity index (χ2v) is 6.03. The first kappa shape index (κ1) is 16.2. The van der Waals surface area contributed by atoms with Crippen molar-refractivity contribution in [1.82, 2.24) is 5.32 Å². The maximum Gasteiger partial charge on any atom is 0.0315 e. The molecule has 0 aliphatic carbocycles. The zero-order valence-electron chi connectivity index (χ0n) is 13.6. The van der Waals surface area contributed by atoms with Gasteiger partial charge in [0.1, 0.15) is 0 Å². The summed E-state index contributed by atoms with van der Waals surface area (Å²) in [6, 6.07) is 20.6. The van der Waals surface area contributed by atoms with Crippen LogP contribution in [0.2, 0.25) is 0 Å². The van der Waals surface area contributed by atoms with Gasteiger partial charge in [0.15, 0.2) is 0 Å². The quantitative estimate of drug-likeness (QED) is 0.593. The van der Waals surface area contributed by atoms with E-state index in [9.17, 15) is 0 Å². The molecule has 0 radical (unpaired) electrons. The van der Waals surface area contributed by atoms with Crippen molar-refractivity contribution >= 4 is 0 Å². The third kappa shape index (κ3) is 5.30. The summed E-state index contributed by atoms with van der Waals surface area (Å²) in [4.78, 5) is 0. The number of aryl methyl sites for hydroxylation is 4. The fourth-order valence-corrected chi connectivity index (χ4v) is 2.58. The Morgan fingerprint density at radius 1 is 0.955 bits per heavy atom. The number of hydrogen-bond donors (Lipinski definition) is 1. The van der Waals surface area contributed by atoms with Gasteiger partial charge in [-0.2, -0.15) is 0 Å². The third-order valence-corrected chi connectivity index (χ3v) is 4.01. The number of benzene rings is 2. The topological polar surface area (TPSA) is 12.0 Å². The predicted octanol–water partition coefficient (Wildman–Crippen LogP) is 4.28. The first-order chi connectivity index (χ1) is 10.7. The van der Waals surface area contributed by atoms with E-state index in [1.807, 2.05) is 0 Å². The molecule has 1 nitrogen and oxygen atoms in total. The van der Waals surface area contributed by atoms with Crippen LogP contribution in [0.25, 0.3) is 0 Å². The molecular formula is C21H25N. The Morgan fingerprint density at radius 3 is 2.27 bits per heavy atom. The van der Waals surface area contributed by atoms with Crippen molar-refractivity contribution in [1.29, 1.82) is 0 Å². The van der Waals surface area contributed by atoms with Crippen molar-refractivity contribution in [3.8, 4) is 12.5 Å². The zero-order chi connectivity index (χ0) is 15.8. The summed E-state index contributed by atoms with van der Waals surface area (Å²) in [7, 11) is 0. The van der Waals surface area contributed by atoms with Crippen LogP contribution in [0.4, 0.5) is 0 Å². The molecule has 0 aliphatic rings. The maximum atomic E-state index is 5.27. The molecule has 0 aliphatic heterocycles. The van der Waals surface area contributed by atoms with E-state index in [0.29, 0.717) is 6.04 Å². The highest BCUT2D eigenvalue weighted by atomic mass is 14.9. The van der Waals surface area contributed by atoms with Crippen LogP contribution >= 0.6 is 0 Å². The molecule has 0 spiro atoms. The molecule has 0 saturated heterocycles. The van der Waals surface area contributed by atoms with Crippen molar-refractivity contribution < 1.29 is 0 Å². The Bertz CT molecular complexity index is 619. The molecule has 22 heavy (non-hydrogen) atoms. The molecule has 2 rings (SSSR count). The van der Waals surface area contributed by atoms with Crippen molar-refractivity contribution in [2.75, 3.05) is 0 Å². The standard InChI is InChI=1S/C21H25N/c1-4-22-18(3)10-13-20-6-5-7-21(16-20)15-14-19-11-8-17(2)9-12-19/h1,5-9,11-12,16,18,22H,10,13-15H2,2-3H3. The number of nitrogens with one attached hydrogen (secondary N) is 1. The van der Waals surface area contributed by atoms with Gasteiger partial charge in [-0.05, 0) is 56.2 Å². The van der Waals surface area contributed by atoms with Gasteiger partial charge in [0.2, 0.25) is 0 Å². The Morgan fingerprint density at radius 2 is 1.59 bits per heavy atom. The van der Waals surface area contributed by atoms with Crippen LogP contribution in [0, 0.1) is 19.4 Å². The van der Waals surface area contributed by atoms with Crippen molar-refractivity contribution in [3.63, 3.8) is 0 Å². The van der Waals surface area contributed by atoms with Gasteiger partial charge in [-0.1, -0.05) is 60.5 Å². The first-order valence-electron chi connectivity index (χ1n) is 8.02. The molecule has 0 heterocycles. The molecule has 2 aromatic rings. The molecular weight excluding hydrogens is 266 g/mol. The van der Waals surface area contributed by atoms with Gasteiger partial charge in [0, 0.05) is 12.1 Å². The van der Waals surface area contributed by atoms with Gasteiger partial charge < -0.3 is 5.32 Å². The Kier molecular flexibility index (Phi) is 6.10. The van der Waals surface area contributed by atoms with Crippen LogP contribution in [0.15, 0.2) is 48.5 Å². The summed E-state index contributed by atoms with van der Waals surface area (Å²) in [5, 5.41) is 3.01. The van der Waals surface area contributed by atoms with Crippen LogP contribution in [0.5, 0.6) is 0 Å². The largest absolute Gasteiger partial charge is 0.343 e. The Hall–Kier alpha value is -2.20. The first-order valence-corrected chi connectivity index (χ1v) is 8.02. The fraction of sp³-hybridized carbons (Fsp3) is 0.333. The van der Waals surface area contributed by atoms with E-state index in [1.54, 1.807) is 0 Å². The Labute approximate surface area is 134 Å². The second kappa shape index (κ2) is 8.29. The van der Waals surface area contributed by atoms with Crippen LogP contribution in [-0.4, -0.2) is 6.04 Å². The molecule has 1 N–H and O–H groups in total.